The Morgan fingerprint density at radius 2 is 2.14 bits per heavy atom. The van der Waals surface area contributed by atoms with E-state index in [0.717, 1.165) is 19.4 Å². The van der Waals surface area contributed by atoms with Gasteiger partial charge in [-0.3, -0.25) is 4.79 Å². The number of nitrogens with zero attached hydrogens (tertiary/aromatic N) is 1. The molecule has 0 aliphatic heterocycles. The van der Waals surface area contributed by atoms with Crippen molar-refractivity contribution in [3.05, 3.63) is 0 Å². The summed E-state index contributed by atoms with van der Waals surface area (Å²) in [6, 6.07) is 2.09. The zero-order chi connectivity index (χ0) is 11.0. The fourth-order valence-electron chi connectivity index (χ4n) is 0.942. The minimum atomic E-state index is -0.491. The Labute approximate surface area is 85.5 Å². The molecule has 0 spiro atoms. The topological polar surface area (TPSA) is 78.9 Å². The van der Waals surface area contributed by atoms with Gasteiger partial charge in [0.05, 0.1) is 11.5 Å². The summed E-state index contributed by atoms with van der Waals surface area (Å²) in [7, 11) is 0. The molecule has 0 unspecified atom stereocenters. The number of nitrogens with one attached hydrogen (secondary N) is 1. The van der Waals surface area contributed by atoms with Crippen molar-refractivity contribution < 1.29 is 4.79 Å². The second-order valence-corrected chi connectivity index (χ2v) is 4.04. The third-order valence-corrected chi connectivity index (χ3v) is 2.13. The summed E-state index contributed by atoms with van der Waals surface area (Å²) in [5.74, 6) is -0.290. The maximum Gasteiger partial charge on any atom is 0.224 e. The first-order valence-corrected chi connectivity index (χ1v) is 4.88. The van der Waals surface area contributed by atoms with Gasteiger partial charge >= 0.3 is 0 Å². The normalized spacial score (nSPS) is 10.9. The third-order valence-electron chi connectivity index (χ3n) is 2.13. The lowest BCUT2D eigenvalue weighted by molar-refractivity contribution is -0.125. The molecule has 0 radical (unpaired) electrons. The highest BCUT2D eigenvalue weighted by Gasteiger charge is 2.23. The molecule has 0 fully saturated rings. The van der Waals surface area contributed by atoms with Gasteiger partial charge in [-0.15, -0.1) is 0 Å². The van der Waals surface area contributed by atoms with Crippen LogP contribution < -0.4 is 11.1 Å². The monoisotopic (exact) mass is 197 g/mol. The first-order chi connectivity index (χ1) is 6.50. The molecule has 0 saturated heterocycles. The lowest BCUT2D eigenvalue weighted by Gasteiger charge is -2.20. The van der Waals surface area contributed by atoms with Gasteiger partial charge in [0.2, 0.25) is 5.91 Å². The number of primary amides is 1. The Morgan fingerprint density at radius 1 is 1.50 bits per heavy atom. The molecule has 0 atom stereocenters. The van der Waals surface area contributed by atoms with E-state index in [1.54, 1.807) is 0 Å². The standard InChI is InChI=1S/C10H19N3O/c1-10(2,9(12)14)8-13-7-5-3-4-6-11/h13H,3-5,7-8H2,1-2H3,(H2,12,14). The first kappa shape index (κ1) is 12.9. The van der Waals surface area contributed by atoms with Gasteiger partial charge in [-0.05, 0) is 33.2 Å². The smallest absolute Gasteiger partial charge is 0.224 e. The zero-order valence-corrected chi connectivity index (χ0v) is 8.97. The van der Waals surface area contributed by atoms with Crippen molar-refractivity contribution >= 4 is 5.91 Å². The van der Waals surface area contributed by atoms with Crippen LogP contribution in [0, 0.1) is 16.7 Å². The van der Waals surface area contributed by atoms with Crippen LogP contribution in [-0.2, 0) is 4.79 Å². The van der Waals surface area contributed by atoms with Crippen molar-refractivity contribution in [2.45, 2.75) is 33.1 Å². The minimum absolute atomic E-state index is 0.290. The maximum absolute atomic E-state index is 10.9. The van der Waals surface area contributed by atoms with E-state index < -0.39 is 5.41 Å². The van der Waals surface area contributed by atoms with Crippen LogP contribution in [0.5, 0.6) is 0 Å². The van der Waals surface area contributed by atoms with Crippen molar-refractivity contribution in [3.8, 4) is 6.07 Å². The molecule has 14 heavy (non-hydrogen) atoms. The van der Waals surface area contributed by atoms with E-state index in [0.29, 0.717) is 13.0 Å². The molecule has 80 valence electrons. The molecule has 3 N–H and O–H groups in total. The summed E-state index contributed by atoms with van der Waals surface area (Å²) in [4.78, 5) is 10.9. The number of rotatable bonds is 7. The van der Waals surface area contributed by atoms with E-state index in [2.05, 4.69) is 11.4 Å². The molecule has 4 nitrogen and oxygen atoms in total. The van der Waals surface area contributed by atoms with Crippen LogP contribution in [0.25, 0.3) is 0 Å². The van der Waals surface area contributed by atoms with Crippen LogP contribution in [0.1, 0.15) is 33.1 Å². The predicted octanol–water partition coefficient (Wildman–Crippen LogP) is 0.781. The van der Waals surface area contributed by atoms with Crippen molar-refractivity contribution in [3.63, 3.8) is 0 Å². The summed E-state index contributed by atoms with van der Waals surface area (Å²) in [5.41, 5.74) is 4.72. The first-order valence-electron chi connectivity index (χ1n) is 4.88. The Hall–Kier alpha value is -1.08. The van der Waals surface area contributed by atoms with Gasteiger partial charge < -0.3 is 11.1 Å². The Balaban J connectivity index is 3.46. The van der Waals surface area contributed by atoms with Crippen molar-refractivity contribution in [2.75, 3.05) is 13.1 Å². The number of nitrogens with two attached hydrogens (primary N) is 1. The van der Waals surface area contributed by atoms with Gasteiger partial charge in [0.25, 0.3) is 0 Å². The number of carbonyl (C=O) groups excluding carboxylic acids is 1. The summed E-state index contributed by atoms with van der Waals surface area (Å²) < 4.78 is 0. The lowest BCUT2D eigenvalue weighted by atomic mass is 9.93. The number of nitriles is 1. The highest BCUT2D eigenvalue weighted by molar-refractivity contribution is 5.80. The van der Waals surface area contributed by atoms with Crippen molar-refractivity contribution in [1.82, 2.24) is 5.32 Å². The average Bonchev–Trinajstić information content (AvgIpc) is 2.10. The van der Waals surface area contributed by atoms with Crippen LogP contribution in [0.15, 0.2) is 0 Å². The molecule has 0 heterocycles. The predicted molar refractivity (Wildman–Crippen MR) is 55.3 cm³/mol. The third kappa shape index (κ3) is 5.55. The largest absolute Gasteiger partial charge is 0.369 e. The second kappa shape index (κ2) is 6.39. The minimum Gasteiger partial charge on any atom is -0.369 e. The lowest BCUT2D eigenvalue weighted by Crippen LogP contribution is -2.40. The van der Waals surface area contributed by atoms with Crippen molar-refractivity contribution in [1.29, 1.82) is 5.26 Å². The van der Waals surface area contributed by atoms with Crippen LogP contribution in [0.3, 0.4) is 0 Å². The van der Waals surface area contributed by atoms with E-state index in [9.17, 15) is 4.79 Å². The van der Waals surface area contributed by atoms with Gasteiger partial charge in [0, 0.05) is 13.0 Å². The summed E-state index contributed by atoms with van der Waals surface area (Å²) >= 11 is 0. The molecule has 1 amide bonds. The molecule has 0 rings (SSSR count). The quantitative estimate of drug-likeness (QED) is 0.592. The number of unbranched alkanes of at least 4 members (excludes halogenated alkanes) is 2. The van der Waals surface area contributed by atoms with E-state index in [-0.39, 0.29) is 5.91 Å². The number of amides is 1. The Morgan fingerprint density at radius 3 is 2.64 bits per heavy atom. The molecular weight excluding hydrogens is 178 g/mol. The van der Waals surface area contributed by atoms with Gasteiger partial charge in [0.1, 0.15) is 0 Å². The molecule has 0 aromatic carbocycles. The number of hydrogen-bond donors (Lipinski definition) is 2. The average molecular weight is 197 g/mol. The Kier molecular flexibility index (Phi) is 5.89. The highest BCUT2D eigenvalue weighted by Crippen LogP contribution is 2.11. The van der Waals surface area contributed by atoms with Crippen molar-refractivity contribution in [2.24, 2.45) is 11.1 Å². The molecule has 0 bridgehead atoms. The summed E-state index contributed by atoms with van der Waals surface area (Å²) in [6.45, 7) is 5.06. The number of carbonyl (C=O) groups is 1. The van der Waals surface area contributed by atoms with Crippen LogP contribution in [-0.4, -0.2) is 19.0 Å². The maximum atomic E-state index is 10.9. The fourth-order valence-corrected chi connectivity index (χ4v) is 0.942. The van der Waals surface area contributed by atoms with Crippen LogP contribution in [0.4, 0.5) is 0 Å². The van der Waals surface area contributed by atoms with Gasteiger partial charge in [0.15, 0.2) is 0 Å². The molecular formula is C10H19N3O. The second-order valence-electron chi connectivity index (χ2n) is 4.04. The van der Waals surface area contributed by atoms with Gasteiger partial charge in [-0.1, -0.05) is 0 Å². The van der Waals surface area contributed by atoms with E-state index in [4.69, 9.17) is 11.0 Å². The van der Waals surface area contributed by atoms with E-state index in [1.807, 2.05) is 13.8 Å². The SMILES string of the molecule is CC(C)(CNCCCCC#N)C(N)=O. The fraction of sp³-hybridized carbons (Fsp3) is 0.800. The van der Waals surface area contributed by atoms with E-state index in [1.165, 1.54) is 0 Å². The molecule has 0 aromatic rings. The summed E-state index contributed by atoms with van der Waals surface area (Å²) in [6.07, 6.45) is 2.46. The van der Waals surface area contributed by atoms with Crippen LogP contribution >= 0.6 is 0 Å². The molecule has 0 aliphatic rings. The molecule has 0 saturated carbocycles. The number of hydrogen-bond acceptors (Lipinski definition) is 3. The van der Waals surface area contributed by atoms with Gasteiger partial charge in [-0.25, -0.2) is 0 Å². The van der Waals surface area contributed by atoms with E-state index >= 15 is 0 Å². The molecule has 4 heteroatoms. The molecule has 0 aliphatic carbocycles. The summed E-state index contributed by atoms with van der Waals surface area (Å²) in [5, 5.41) is 11.4. The van der Waals surface area contributed by atoms with Gasteiger partial charge in [-0.2, -0.15) is 5.26 Å². The highest BCUT2D eigenvalue weighted by atomic mass is 16.1. The van der Waals surface area contributed by atoms with Crippen LogP contribution in [0.2, 0.25) is 0 Å². The molecule has 0 aromatic heterocycles. The Bertz CT molecular complexity index is 218. The zero-order valence-electron chi connectivity index (χ0n) is 8.97.